The molecule has 0 aliphatic rings. The van der Waals surface area contributed by atoms with Crippen LogP contribution in [0.25, 0.3) is 0 Å². The molecule has 2 aromatic rings. The second-order valence-corrected chi connectivity index (χ2v) is 4.81. The summed E-state index contributed by atoms with van der Waals surface area (Å²) in [5.74, 6) is 0. The zero-order valence-electron chi connectivity index (χ0n) is 12.1. The van der Waals surface area contributed by atoms with E-state index in [2.05, 4.69) is 15.2 Å². The van der Waals surface area contributed by atoms with Crippen molar-refractivity contribution in [3.8, 4) is 0 Å². The molecule has 0 radical (unpaired) electrons. The second-order valence-electron chi connectivity index (χ2n) is 4.81. The van der Waals surface area contributed by atoms with Gasteiger partial charge in [0, 0.05) is 32.4 Å². The Balaban J connectivity index is 2.15. The Morgan fingerprint density at radius 1 is 1.24 bits per heavy atom. The summed E-state index contributed by atoms with van der Waals surface area (Å²) in [5, 5.41) is 14.0. The highest BCUT2D eigenvalue weighted by atomic mass is 16.6. The first kappa shape index (κ1) is 14.9. The van der Waals surface area contributed by atoms with E-state index in [9.17, 15) is 10.1 Å². The molecule has 0 unspecified atom stereocenters. The largest absolute Gasteiger partial charge is 0.382 e. The van der Waals surface area contributed by atoms with Crippen LogP contribution < -0.4 is 5.32 Å². The maximum atomic E-state index is 11.1. The fourth-order valence-electron chi connectivity index (χ4n) is 2.27. The zero-order valence-corrected chi connectivity index (χ0v) is 12.1. The smallest absolute Gasteiger partial charge is 0.292 e. The van der Waals surface area contributed by atoms with E-state index in [-0.39, 0.29) is 10.6 Å². The van der Waals surface area contributed by atoms with Crippen molar-refractivity contribution in [2.45, 2.75) is 13.1 Å². The number of aromatic nitrogens is 1. The summed E-state index contributed by atoms with van der Waals surface area (Å²) in [4.78, 5) is 17.0. The van der Waals surface area contributed by atoms with Crippen molar-refractivity contribution >= 4 is 11.4 Å². The average molecular weight is 286 g/mol. The second kappa shape index (κ2) is 6.81. The summed E-state index contributed by atoms with van der Waals surface area (Å²) in [6.07, 6.45) is 1.76. The number of rotatable bonds is 6. The average Bonchev–Trinajstić information content (AvgIpc) is 2.47. The van der Waals surface area contributed by atoms with Crippen LogP contribution >= 0.6 is 0 Å². The van der Waals surface area contributed by atoms with E-state index in [1.807, 2.05) is 31.3 Å². The minimum absolute atomic E-state index is 0.0984. The van der Waals surface area contributed by atoms with Crippen LogP contribution in [-0.4, -0.2) is 28.9 Å². The molecule has 0 atom stereocenters. The van der Waals surface area contributed by atoms with Crippen molar-refractivity contribution in [2.24, 2.45) is 0 Å². The van der Waals surface area contributed by atoms with Crippen LogP contribution in [0.4, 0.5) is 11.4 Å². The minimum Gasteiger partial charge on any atom is -0.382 e. The lowest BCUT2D eigenvalue weighted by Gasteiger charge is -2.18. The molecule has 110 valence electrons. The van der Waals surface area contributed by atoms with Crippen LogP contribution in [0.3, 0.4) is 0 Å². The van der Waals surface area contributed by atoms with Crippen molar-refractivity contribution in [1.82, 2.24) is 9.88 Å². The van der Waals surface area contributed by atoms with Crippen molar-refractivity contribution < 1.29 is 4.92 Å². The quantitative estimate of drug-likeness (QED) is 0.653. The number of benzene rings is 1. The summed E-state index contributed by atoms with van der Waals surface area (Å²) >= 11 is 0. The van der Waals surface area contributed by atoms with Gasteiger partial charge in [0.25, 0.3) is 5.69 Å². The predicted molar refractivity (Wildman–Crippen MR) is 82.1 cm³/mol. The first-order valence-electron chi connectivity index (χ1n) is 6.64. The van der Waals surface area contributed by atoms with Crippen LogP contribution in [0, 0.1) is 10.1 Å². The molecular weight excluding hydrogens is 268 g/mol. The molecule has 0 aliphatic heterocycles. The molecule has 0 fully saturated rings. The highest BCUT2D eigenvalue weighted by molar-refractivity contribution is 5.66. The van der Waals surface area contributed by atoms with E-state index in [0.29, 0.717) is 18.8 Å². The summed E-state index contributed by atoms with van der Waals surface area (Å²) < 4.78 is 0. The number of hydrogen-bond acceptors (Lipinski definition) is 5. The molecule has 6 nitrogen and oxygen atoms in total. The third-order valence-electron chi connectivity index (χ3n) is 3.17. The molecule has 0 saturated carbocycles. The van der Waals surface area contributed by atoms with Crippen molar-refractivity contribution in [3.05, 3.63) is 64.0 Å². The lowest BCUT2D eigenvalue weighted by molar-refractivity contribution is -0.384. The Morgan fingerprint density at radius 2 is 2.05 bits per heavy atom. The maximum Gasteiger partial charge on any atom is 0.292 e. The van der Waals surface area contributed by atoms with Gasteiger partial charge < -0.3 is 5.32 Å². The first-order chi connectivity index (χ1) is 10.1. The Bertz CT molecular complexity index is 616. The third-order valence-corrected chi connectivity index (χ3v) is 3.17. The van der Waals surface area contributed by atoms with Gasteiger partial charge in [0.1, 0.15) is 5.69 Å². The Labute approximate surface area is 123 Å². The number of pyridine rings is 1. The maximum absolute atomic E-state index is 11.1. The van der Waals surface area contributed by atoms with Crippen molar-refractivity contribution in [2.75, 3.05) is 19.4 Å². The van der Waals surface area contributed by atoms with Crippen LogP contribution in [-0.2, 0) is 13.1 Å². The SMILES string of the molecule is CNc1c(CN(C)Cc2ccccn2)cccc1[N+](=O)[O-]. The predicted octanol–water partition coefficient (Wildman–Crippen LogP) is 2.66. The molecule has 0 spiro atoms. The highest BCUT2D eigenvalue weighted by Crippen LogP contribution is 2.28. The van der Waals surface area contributed by atoms with Gasteiger partial charge in [-0.3, -0.25) is 20.0 Å². The van der Waals surface area contributed by atoms with E-state index in [1.54, 1.807) is 19.3 Å². The molecule has 6 heteroatoms. The molecule has 1 aromatic heterocycles. The monoisotopic (exact) mass is 286 g/mol. The standard InChI is InChI=1S/C15H18N4O2/c1-16-15-12(6-5-8-14(15)19(20)21)10-18(2)11-13-7-3-4-9-17-13/h3-9,16H,10-11H2,1-2H3. The summed E-state index contributed by atoms with van der Waals surface area (Å²) in [5.41, 5.74) is 2.53. The Hall–Kier alpha value is -2.47. The molecule has 1 heterocycles. The first-order valence-corrected chi connectivity index (χ1v) is 6.64. The third kappa shape index (κ3) is 3.76. The van der Waals surface area contributed by atoms with Crippen LogP contribution in [0.15, 0.2) is 42.6 Å². The minimum atomic E-state index is -0.367. The zero-order chi connectivity index (χ0) is 15.2. The Morgan fingerprint density at radius 3 is 2.67 bits per heavy atom. The van der Waals surface area contributed by atoms with E-state index in [0.717, 1.165) is 11.3 Å². The van der Waals surface area contributed by atoms with Gasteiger partial charge in [0.2, 0.25) is 0 Å². The van der Waals surface area contributed by atoms with Gasteiger partial charge in [0.05, 0.1) is 10.6 Å². The number of nitrogens with zero attached hydrogens (tertiary/aromatic N) is 3. The highest BCUT2D eigenvalue weighted by Gasteiger charge is 2.17. The summed E-state index contributed by atoms with van der Waals surface area (Å²) in [7, 11) is 3.66. The fourth-order valence-corrected chi connectivity index (χ4v) is 2.27. The van der Waals surface area contributed by atoms with E-state index >= 15 is 0 Å². The summed E-state index contributed by atoms with van der Waals surface area (Å²) in [6.45, 7) is 1.29. The van der Waals surface area contributed by atoms with Gasteiger partial charge in [-0.2, -0.15) is 0 Å². The van der Waals surface area contributed by atoms with Gasteiger partial charge in [-0.25, -0.2) is 0 Å². The Kier molecular flexibility index (Phi) is 4.84. The van der Waals surface area contributed by atoms with Gasteiger partial charge in [0.15, 0.2) is 0 Å². The molecule has 21 heavy (non-hydrogen) atoms. The van der Waals surface area contributed by atoms with Gasteiger partial charge in [-0.05, 0) is 24.7 Å². The normalized spacial score (nSPS) is 10.6. The molecule has 0 amide bonds. The number of para-hydroxylation sites is 1. The number of nitro groups is 1. The lowest BCUT2D eigenvalue weighted by atomic mass is 10.1. The molecule has 0 saturated heterocycles. The fraction of sp³-hybridized carbons (Fsp3) is 0.267. The van der Waals surface area contributed by atoms with Crippen LogP contribution in [0.2, 0.25) is 0 Å². The van der Waals surface area contributed by atoms with Gasteiger partial charge in [-0.1, -0.05) is 18.2 Å². The number of nitro benzene ring substituents is 1. The van der Waals surface area contributed by atoms with Crippen LogP contribution in [0.1, 0.15) is 11.3 Å². The molecule has 1 aromatic carbocycles. The van der Waals surface area contributed by atoms with E-state index < -0.39 is 0 Å². The van der Waals surface area contributed by atoms with Crippen LogP contribution in [0.5, 0.6) is 0 Å². The molecule has 0 aliphatic carbocycles. The molecule has 2 rings (SSSR count). The van der Waals surface area contributed by atoms with Gasteiger partial charge >= 0.3 is 0 Å². The number of anilines is 1. The number of nitrogens with one attached hydrogen (secondary N) is 1. The summed E-state index contributed by atoms with van der Waals surface area (Å²) in [6, 6.07) is 10.9. The van der Waals surface area contributed by atoms with E-state index in [4.69, 9.17) is 0 Å². The molecule has 0 bridgehead atoms. The topological polar surface area (TPSA) is 71.3 Å². The molecule has 1 N–H and O–H groups in total. The van der Waals surface area contributed by atoms with Gasteiger partial charge in [-0.15, -0.1) is 0 Å². The number of hydrogen-bond donors (Lipinski definition) is 1. The van der Waals surface area contributed by atoms with Crippen molar-refractivity contribution in [3.63, 3.8) is 0 Å². The van der Waals surface area contributed by atoms with Crippen molar-refractivity contribution in [1.29, 1.82) is 0 Å². The molecular formula is C15H18N4O2. The lowest BCUT2D eigenvalue weighted by Crippen LogP contribution is -2.19. The van der Waals surface area contributed by atoms with E-state index in [1.165, 1.54) is 6.07 Å².